The summed E-state index contributed by atoms with van der Waals surface area (Å²) in [6.07, 6.45) is 6.67. The first-order valence-corrected chi connectivity index (χ1v) is 11.1. The van der Waals surface area contributed by atoms with Gasteiger partial charge in [-0.3, -0.25) is 14.3 Å². The molecule has 2 aliphatic heterocycles. The number of carbonyl (C=O) groups is 2. The van der Waals surface area contributed by atoms with Gasteiger partial charge in [0.05, 0.1) is 30.5 Å². The number of likely N-dealkylation sites (tertiary alicyclic amines) is 1. The van der Waals surface area contributed by atoms with Crippen molar-refractivity contribution in [2.45, 2.75) is 50.5 Å². The summed E-state index contributed by atoms with van der Waals surface area (Å²) in [5.41, 5.74) is 1.63. The van der Waals surface area contributed by atoms with E-state index in [1.54, 1.807) is 17.1 Å². The van der Waals surface area contributed by atoms with Crippen LogP contribution in [0.1, 0.15) is 41.6 Å². The maximum atomic E-state index is 12.7. The van der Waals surface area contributed by atoms with E-state index in [0.717, 1.165) is 25.2 Å². The van der Waals surface area contributed by atoms with Crippen LogP contribution in [-0.2, 0) is 16.1 Å². The van der Waals surface area contributed by atoms with E-state index in [1.165, 1.54) is 19.3 Å². The SMILES string of the molecule is O=C(N[C@H]1CCO[C@H](CN2CCCCC2)[C@H]1O)c1cnn(Cc2ccccc2)c1.O=CO. The van der Waals surface area contributed by atoms with Gasteiger partial charge in [0.1, 0.15) is 6.10 Å². The average Bonchev–Trinajstić information content (AvgIpc) is 3.27. The predicted octanol–water partition coefficient (Wildman–Crippen LogP) is 1.37. The number of nitrogens with one attached hydrogen (secondary N) is 1. The lowest BCUT2D eigenvalue weighted by Crippen LogP contribution is -2.56. The van der Waals surface area contributed by atoms with Crippen LogP contribution < -0.4 is 5.32 Å². The van der Waals surface area contributed by atoms with E-state index in [0.29, 0.717) is 25.1 Å². The molecule has 2 aliphatic rings. The monoisotopic (exact) mass is 444 g/mol. The molecule has 0 aliphatic carbocycles. The van der Waals surface area contributed by atoms with Crippen molar-refractivity contribution in [2.24, 2.45) is 0 Å². The highest BCUT2D eigenvalue weighted by molar-refractivity contribution is 5.93. The summed E-state index contributed by atoms with van der Waals surface area (Å²) in [4.78, 5) is 23.4. The normalized spacial score (nSPS) is 23.6. The van der Waals surface area contributed by atoms with Crippen molar-refractivity contribution in [3.63, 3.8) is 0 Å². The predicted molar refractivity (Wildman–Crippen MR) is 118 cm³/mol. The van der Waals surface area contributed by atoms with Crippen LogP contribution in [-0.4, -0.2) is 81.8 Å². The Bertz CT molecular complexity index is 838. The van der Waals surface area contributed by atoms with E-state index in [-0.39, 0.29) is 24.5 Å². The van der Waals surface area contributed by atoms with E-state index in [1.807, 2.05) is 30.3 Å². The molecule has 0 saturated carbocycles. The Morgan fingerprint density at radius 2 is 1.94 bits per heavy atom. The van der Waals surface area contributed by atoms with Crippen molar-refractivity contribution in [1.82, 2.24) is 20.0 Å². The lowest BCUT2D eigenvalue weighted by atomic mass is 9.98. The smallest absolute Gasteiger partial charge is 0.290 e. The molecule has 2 aromatic rings. The van der Waals surface area contributed by atoms with Gasteiger partial charge in [-0.05, 0) is 37.9 Å². The number of carbonyl (C=O) groups excluding carboxylic acids is 1. The van der Waals surface area contributed by atoms with Crippen LogP contribution in [0.15, 0.2) is 42.7 Å². The Morgan fingerprint density at radius 3 is 2.66 bits per heavy atom. The molecular weight excluding hydrogens is 412 g/mol. The molecule has 1 amide bonds. The molecule has 4 rings (SSSR count). The van der Waals surface area contributed by atoms with Crippen molar-refractivity contribution in [3.05, 3.63) is 53.9 Å². The molecular formula is C23H32N4O5. The Labute approximate surface area is 188 Å². The zero-order valence-electron chi connectivity index (χ0n) is 18.2. The van der Waals surface area contributed by atoms with Crippen molar-refractivity contribution < 1.29 is 24.5 Å². The molecule has 174 valence electrons. The number of aliphatic hydroxyl groups is 1. The third kappa shape index (κ3) is 6.88. The highest BCUT2D eigenvalue weighted by atomic mass is 16.5. The van der Waals surface area contributed by atoms with Gasteiger partial charge in [0.25, 0.3) is 12.4 Å². The van der Waals surface area contributed by atoms with Gasteiger partial charge in [-0.25, -0.2) is 0 Å². The number of amides is 1. The zero-order valence-corrected chi connectivity index (χ0v) is 18.2. The number of hydrogen-bond donors (Lipinski definition) is 3. The maximum absolute atomic E-state index is 12.7. The number of nitrogens with zero attached hydrogens (tertiary/aromatic N) is 3. The summed E-state index contributed by atoms with van der Waals surface area (Å²) in [7, 11) is 0. The molecule has 3 heterocycles. The number of carboxylic acid groups (broad SMARTS) is 1. The number of piperidine rings is 1. The fourth-order valence-electron chi connectivity index (χ4n) is 4.18. The molecule has 1 aromatic carbocycles. The van der Waals surface area contributed by atoms with E-state index in [4.69, 9.17) is 14.6 Å². The fraction of sp³-hybridized carbons (Fsp3) is 0.522. The molecule has 9 heteroatoms. The quantitative estimate of drug-likeness (QED) is 0.576. The van der Waals surface area contributed by atoms with Crippen molar-refractivity contribution in [3.8, 4) is 0 Å². The largest absolute Gasteiger partial charge is 0.483 e. The van der Waals surface area contributed by atoms with Gasteiger partial charge in [-0.2, -0.15) is 5.10 Å². The first-order chi connectivity index (χ1) is 15.6. The second kappa shape index (κ2) is 12.3. The zero-order chi connectivity index (χ0) is 22.8. The topological polar surface area (TPSA) is 117 Å². The summed E-state index contributed by atoms with van der Waals surface area (Å²) in [5.74, 6) is -0.202. The van der Waals surface area contributed by atoms with Gasteiger partial charge in [-0.1, -0.05) is 36.8 Å². The number of ether oxygens (including phenoxy) is 1. The molecule has 0 spiro atoms. The van der Waals surface area contributed by atoms with Gasteiger partial charge in [-0.15, -0.1) is 0 Å². The summed E-state index contributed by atoms with van der Waals surface area (Å²) >= 11 is 0. The van der Waals surface area contributed by atoms with Crippen molar-refractivity contribution in [1.29, 1.82) is 0 Å². The van der Waals surface area contributed by atoms with Gasteiger partial charge in [0.2, 0.25) is 0 Å². The molecule has 0 unspecified atom stereocenters. The molecule has 3 atom stereocenters. The first-order valence-electron chi connectivity index (χ1n) is 11.1. The fourth-order valence-corrected chi connectivity index (χ4v) is 4.18. The summed E-state index contributed by atoms with van der Waals surface area (Å²) in [6.45, 7) is 3.76. The number of hydrogen-bond acceptors (Lipinski definition) is 6. The van der Waals surface area contributed by atoms with Gasteiger partial charge in [0.15, 0.2) is 0 Å². The molecule has 32 heavy (non-hydrogen) atoms. The van der Waals surface area contributed by atoms with E-state index >= 15 is 0 Å². The molecule has 0 bridgehead atoms. The van der Waals surface area contributed by atoms with Crippen LogP contribution in [0.4, 0.5) is 0 Å². The minimum atomic E-state index is -0.700. The lowest BCUT2D eigenvalue weighted by molar-refractivity contribution is -0.122. The molecule has 0 radical (unpaired) electrons. The number of aromatic nitrogens is 2. The minimum Gasteiger partial charge on any atom is -0.483 e. The molecule has 1 aromatic heterocycles. The first kappa shape index (κ1) is 23.9. The second-order valence-corrected chi connectivity index (χ2v) is 8.15. The third-order valence-corrected chi connectivity index (χ3v) is 5.84. The van der Waals surface area contributed by atoms with E-state index < -0.39 is 6.10 Å². The van der Waals surface area contributed by atoms with Crippen molar-refractivity contribution in [2.75, 3.05) is 26.2 Å². The van der Waals surface area contributed by atoms with Crippen LogP contribution in [0.5, 0.6) is 0 Å². The minimum absolute atomic E-state index is 0.202. The summed E-state index contributed by atoms with van der Waals surface area (Å²) in [5, 5.41) is 24.9. The maximum Gasteiger partial charge on any atom is 0.290 e. The van der Waals surface area contributed by atoms with Crippen LogP contribution in [0, 0.1) is 0 Å². The number of benzene rings is 1. The van der Waals surface area contributed by atoms with Crippen LogP contribution in [0.25, 0.3) is 0 Å². The van der Waals surface area contributed by atoms with Crippen LogP contribution in [0.2, 0.25) is 0 Å². The Morgan fingerprint density at radius 1 is 1.22 bits per heavy atom. The Kier molecular flexibility index (Phi) is 9.21. The van der Waals surface area contributed by atoms with Gasteiger partial charge < -0.3 is 25.2 Å². The third-order valence-electron chi connectivity index (χ3n) is 5.84. The average molecular weight is 445 g/mol. The Balaban J connectivity index is 0.000000913. The highest BCUT2D eigenvalue weighted by Gasteiger charge is 2.35. The van der Waals surface area contributed by atoms with Crippen molar-refractivity contribution >= 4 is 12.4 Å². The van der Waals surface area contributed by atoms with Crippen LogP contribution >= 0.6 is 0 Å². The molecule has 2 fully saturated rings. The standard InChI is InChI=1S/C22H30N4O3.CH2O2/c27-21-19(9-12-29-20(21)16-25-10-5-2-6-11-25)24-22(28)18-13-23-26(15-18)14-17-7-3-1-4-8-17;2-1-3/h1,3-4,7-8,13,15,19-21,27H,2,5-6,9-12,14,16H2,(H,24,28);1H,(H,2,3)/t19-,20+,21-;/m0./s1. The van der Waals surface area contributed by atoms with Gasteiger partial charge in [0, 0.05) is 19.3 Å². The Hall–Kier alpha value is -2.75. The molecule has 3 N–H and O–H groups in total. The number of rotatable bonds is 6. The number of aliphatic hydroxyl groups excluding tert-OH is 1. The van der Waals surface area contributed by atoms with E-state index in [2.05, 4.69) is 15.3 Å². The highest BCUT2D eigenvalue weighted by Crippen LogP contribution is 2.19. The summed E-state index contributed by atoms with van der Waals surface area (Å²) < 4.78 is 7.58. The van der Waals surface area contributed by atoms with E-state index in [9.17, 15) is 9.90 Å². The van der Waals surface area contributed by atoms with Crippen LogP contribution in [0.3, 0.4) is 0 Å². The summed E-state index contributed by atoms with van der Waals surface area (Å²) in [6, 6.07) is 9.70. The molecule has 9 nitrogen and oxygen atoms in total. The lowest BCUT2D eigenvalue weighted by Gasteiger charge is -2.38. The second-order valence-electron chi connectivity index (χ2n) is 8.15. The molecule has 2 saturated heterocycles. The van der Waals surface area contributed by atoms with Gasteiger partial charge >= 0.3 is 0 Å².